The molecule has 0 bridgehead atoms. The fourth-order valence-electron chi connectivity index (χ4n) is 3.95. The molecule has 168 valence electrons. The molecule has 1 atom stereocenters. The van der Waals surface area contributed by atoms with Gasteiger partial charge in [0.25, 0.3) is 11.7 Å². The normalized spacial score (nSPS) is 18.9. The van der Waals surface area contributed by atoms with Crippen molar-refractivity contribution in [3.8, 4) is 17.2 Å². The molecule has 2 aliphatic rings. The number of carbonyl (C=O) groups excluding carboxylic acids is 2. The average Bonchev–Trinajstić information content (AvgIpc) is 3.38. The van der Waals surface area contributed by atoms with Crippen LogP contribution in [-0.2, 0) is 9.59 Å². The number of aliphatic hydroxyl groups is 1. The SMILES string of the molecule is CCCCN1C(=O)C(=O)/C(=C(\O)c2ccc3c(c2)OCO3)C1c1ccc(OCCC)cc1. The Kier molecular flexibility index (Phi) is 6.35. The Morgan fingerprint density at radius 2 is 1.81 bits per heavy atom. The van der Waals surface area contributed by atoms with Gasteiger partial charge in [-0.3, -0.25) is 9.59 Å². The van der Waals surface area contributed by atoms with E-state index in [1.165, 1.54) is 0 Å². The molecule has 1 N–H and O–H groups in total. The van der Waals surface area contributed by atoms with E-state index in [1.54, 1.807) is 23.1 Å². The zero-order valence-electron chi connectivity index (χ0n) is 18.3. The molecule has 0 spiro atoms. The summed E-state index contributed by atoms with van der Waals surface area (Å²) in [6.45, 7) is 5.20. The van der Waals surface area contributed by atoms with Crippen LogP contribution < -0.4 is 14.2 Å². The summed E-state index contributed by atoms with van der Waals surface area (Å²) < 4.78 is 16.4. The summed E-state index contributed by atoms with van der Waals surface area (Å²) in [6, 6.07) is 11.6. The predicted molar refractivity (Wildman–Crippen MR) is 119 cm³/mol. The highest BCUT2D eigenvalue weighted by molar-refractivity contribution is 6.46. The molecule has 1 fully saturated rings. The lowest BCUT2D eigenvalue weighted by atomic mass is 9.95. The number of hydrogen-bond donors (Lipinski definition) is 1. The first-order chi connectivity index (χ1) is 15.5. The first-order valence-electron chi connectivity index (χ1n) is 11.0. The molecule has 2 aromatic rings. The molecule has 1 unspecified atom stereocenters. The largest absolute Gasteiger partial charge is 0.507 e. The number of Topliss-reactive ketones (excluding diaryl/α,β-unsaturated/α-hetero) is 1. The van der Waals surface area contributed by atoms with E-state index in [4.69, 9.17) is 14.2 Å². The van der Waals surface area contributed by atoms with Gasteiger partial charge in [-0.1, -0.05) is 32.4 Å². The number of hydrogen-bond acceptors (Lipinski definition) is 6. The number of fused-ring (bicyclic) bond motifs is 1. The van der Waals surface area contributed by atoms with E-state index in [9.17, 15) is 14.7 Å². The van der Waals surface area contributed by atoms with Crippen LogP contribution in [0.25, 0.3) is 5.76 Å². The van der Waals surface area contributed by atoms with Gasteiger partial charge >= 0.3 is 0 Å². The second kappa shape index (κ2) is 9.34. The van der Waals surface area contributed by atoms with Crippen LogP contribution in [0.2, 0.25) is 0 Å². The number of amides is 1. The van der Waals surface area contributed by atoms with Crippen molar-refractivity contribution in [3.05, 3.63) is 59.2 Å². The van der Waals surface area contributed by atoms with E-state index < -0.39 is 17.7 Å². The summed E-state index contributed by atoms with van der Waals surface area (Å²) in [6.07, 6.45) is 2.53. The summed E-state index contributed by atoms with van der Waals surface area (Å²) >= 11 is 0. The fourth-order valence-corrected chi connectivity index (χ4v) is 3.95. The molecule has 2 aromatic carbocycles. The molecule has 0 aliphatic carbocycles. The molecule has 1 amide bonds. The number of nitrogens with zero attached hydrogens (tertiary/aromatic N) is 1. The number of aliphatic hydroxyl groups excluding tert-OH is 1. The Labute approximate surface area is 187 Å². The summed E-state index contributed by atoms with van der Waals surface area (Å²) in [5.41, 5.74) is 1.22. The topological polar surface area (TPSA) is 85.3 Å². The highest BCUT2D eigenvalue weighted by Gasteiger charge is 2.45. The zero-order valence-corrected chi connectivity index (χ0v) is 18.3. The molecule has 1 saturated heterocycles. The Morgan fingerprint density at radius 3 is 2.53 bits per heavy atom. The lowest BCUT2D eigenvalue weighted by Crippen LogP contribution is -2.30. The minimum absolute atomic E-state index is 0.0761. The van der Waals surface area contributed by atoms with Crippen molar-refractivity contribution < 1.29 is 28.9 Å². The van der Waals surface area contributed by atoms with E-state index in [1.807, 2.05) is 38.1 Å². The van der Waals surface area contributed by atoms with Crippen LogP contribution >= 0.6 is 0 Å². The number of likely N-dealkylation sites (tertiary alicyclic amines) is 1. The van der Waals surface area contributed by atoms with Crippen molar-refractivity contribution in [3.63, 3.8) is 0 Å². The smallest absolute Gasteiger partial charge is 0.295 e. The summed E-state index contributed by atoms with van der Waals surface area (Å²) in [7, 11) is 0. The van der Waals surface area contributed by atoms with Gasteiger partial charge in [0.2, 0.25) is 6.79 Å². The van der Waals surface area contributed by atoms with Crippen LogP contribution in [0.3, 0.4) is 0 Å². The number of ether oxygens (including phenoxy) is 3. The van der Waals surface area contributed by atoms with E-state index in [-0.39, 0.29) is 18.1 Å². The molecular weight excluding hydrogens is 410 g/mol. The first-order valence-corrected chi connectivity index (χ1v) is 11.0. The maximum atomic E-state index is 13.0. The minimum Gasteiger partial charge on any atom is -0.507 e. The molecule has 0 radical (unpaired) electrons. The monoisotopic (exact) mass is 437 g/mol. The van der Waals surface area contributed by atoms with Gasteiger partial charge in [0.15, 0.2) is 11.5 Å². The van der Waals surface area contributed by atoms with Crippen molar-refractivity contribution in [1.82, 2.24) is 4.90 Å². The van der Waals surface area contributed by atoms with Gasteiger partial charge in [0.05, 0.1) is 18.2 Å². The van der Waals surface area contributed by atoms with Gasteiger partial charge in [-0.25, -0.2) is 0 Å². The number of carbonyl (C=O) groups is 2. The lowest BCUT2D eigenvalue weighted by molar-refractivity contribution is -0.139. The molecule has 0 aromatic heterocycles. The lowest BCUT2D eigenvalue weighted by Gasteiger charge is -2.25. The number of ketones is 1. The molecule has 2 aliphatic heterocycles. The Hall–Kier alpha value is -3.48. The molecule has 2 heterocycles. The van der Waals surface area contributed by atoms with Crippen molar-refractivity contribution >= 4 is 17.4 Å². The molecular formula is C25H27NO6. The van der Waals surface area contributed by atoms with Gasteiger partial charge < -0.3 is 24.2 Å². The van der Waals surface area contributed by atoms with Crippen LogP contribution in [0.1, 0.15) is 50.3 Å². The van der Waals surface area contributed by atoms with Crippen LogP contribution in [0.5, 0.6) is 17.2 Å². The highest BCUT2D eigenvalue weighted by atomic mass is 16.7. The Morgan fingerprint density at radius 1 is 1.06 bits per heavy atom. The molecule has 4 rings (SSSR count). The zero-order chi connectivity index (χ0) is 22.7. The van der Waals surface area contributed by atoms with E-state index >= 15 is 0 Å². The van der Waals surface area contributed by atoms with Crippen LogP contribution in [0.15, 0.2) is 48.0 Å². The molecule has 7 nitrogen and oxygen atoms in total. The second-order valence-electron chi connectivity index (χ2n) is 7.83. The summed E-state index contributed by atoms with van der Waals surface area (Å²) in [5.74, 6) is 0.269. The van der Waals surface area contributed by atoms with Crippen molar-refractivity contribution in [1.29, 1.82) is 0 Å². The third-order valence-electron chi connectivity index (χ3n) is 5.61. The minimum atomic E-state index is -0.687. The van der Waals surface area contributed by atoms with E-state index in [2.05, 4.69) is 0 Å². The van der Waals surface area contributed by atoms with Crippen molar-refractivity contribution in [2.75, 3.05) is 19.9 Å². The molecule has 7 heteroatoms. The number of benzene rings is 2. The van der Waals surface area contributed by atoms with Crippen LogP contribution in [0.4, 0.5) is 0 Å². The molecule has 32 heavy (non-hydrogen) atoms. The third kappa shape index (κ3) is 4.02. The van der Waals surface area contributed by atoms with Gasteiger partial charge in [-0.2, -0.15) is 0 Å². The third-order valence-corrected chi connectivity index (χ3v) is 5.61. The first kappa shape index (κ1) is 21.7. The molecule has 0 saturated carbocycles. The summed E-state index contributed by atoms with van der Waals surface area (Å²) in [4.78, 5) is 27.5. The number of unbranched alkanes of at least 4 members (excludes halogenated alkanes) is 1. The van der Waals surface area contributed by atoms with E-state index in [0.717, 1.165) is 30.6 Å². The quantitative estimate of drug-likeness (QED) is 0.374. The van der Waals surface area contributed by atoms with Crippen molar-refractivity contribution in [2.45, 2.75) is 39.2 Å². The van der Waals surface area contributed by atoms with Gasteiger partial charge in [0, 0.05) is 12.1 Å². The van der Waals surface area contributed by atoms with Gasteiger partial charge in [0.1, 0.15) is 11.5 Å². The fraction of sp³-hybridized carbons (Fsp3) is 0.360. The van der Waals surface area contributed by atoms with Gasteiger partial charge in [-0.15, -0.1) is 0 Å². The maximum Gasteiger partial charge on any atom is 0.295 e. The predicted octanol–water partition coefficient (Wildman–Crippen LogP) is 4.43. The Bertz CT molecular complexity index is 1040. The average molecular weight is 437 g/mol. The highest BCUT2D eigenvalue weighted by Crippen LogP contribution is 2.41. The van der Waals surface area contributed by atoms with Gasteiger partial charge in [-0.05, 0) is 48.7 Å². The summed E-state index contributed by atoms with van der Waals surface area (Å²) in [5, 5.41) is 11.1. The number of rotatable bonds is 8. The standard InChI is InChI=1S/C25H27NO6/c1-3-5-12-26-22(16-6-9-18(10-7-16)30-13-4-2)21(24(28)25(26)29)23(27)17-8-11-19-20(14-17)32-15-31-19/h6-11,14,22,27H,3-5,12-13,15H2,1-2H3/b23-21-. The van der Waals surface area contributed by atoms with Crippen LogP contribution in [0, 0.1) is 0 Å². The van der Waals surface area contributed by atoms with E-state index in [0.29, 0.717) is 30.2 Å². The Balaban J connectivity index is 1.76. The maximum absolute atomic E-state index is 13.0. The van der Waals surface area contributed by atoms with Crippen LogP contribution in [-0.4, -0.2) is 41.6 Å². The second-order valence-corrected chi connectivity index (χ2v) is 7.83. The van der Waals surface area contributed by atoms with Crippen molar-refractivity contribution in [2.24, 2.45) is 0 Å².